The largest absolute Gasteiger partial charge is 0.493 e. The highest BCUT2D eigenvalue weighted by Crippen LogP contribution is 2.40. The molecule has 0 aliphatic heterocycles. The summed E-state index contributed by atoms with van der Waals surface area (Å²) in [6, 6.07) is 9.87. The lowest BCUT2D eigenvalue weighted by atomic mass is 10.1. The first kappa shape index (κ1) is 20.9. The molecule has 0 atom stereocenters. The van der Waals surface area contributed by atoms with Gasteiger partial charge in [0.15, 0.2) is 18.1 Å². The molecule has 1 N–H and O–H groups in total. The Morgan fingerprint density at radius 3 is 2.36 bits per heavy atom. The molecule has 2 rings (SSSR count). The fourth-order valence-electron chi connectivity index (χ4n) is 2.49. The number of carbonyl (C=O) groups is 2. The van der Waals surface area contributed by atoms with Crippen LogP contribution < -0.4 is 24.3 Å². The highest BCUT2D eigenvalue weighted by atomic mass is 16.6. The van der Waals surface area contributed by atoms with Crippen LogP contribution in [0.15, 0.2) is 36.4 Å². The van der Waals surface area contributed by atoms with Crippen LogP contribution in [0, 0.1) is 0 Å². The van der Waals surface area contributed by atoms with Crippen LogP contribution in [0.3, 0.4) is 0 Å². The van der Waals surface area contributed by atoms with Crippen molar-refractivity contribution in [1.29, 1.82) is 0 Å². The topological polar surface area (TPSA) is 92.3 Å². The predicted octanol–water partition coefficient (Wildman–Crippen LogP) is 2.91. The van der Waals surface area contributed by atoms with E-state index >= 15 is 0 Å². The fourth-order valence-corrected chi connectivity index (χ4v) is 2.49. The first-order valence-corrected chi connectivity index (χ1v) is 8.52. The number of hydrogen-bond donors (Lipinski definition) is 1. The first-order chi connectivity index (χ1) is 13.5. The zero-order valence-electron chi connectivity index (χ0n) is 16.2. The zero-order valence-corrected chi connectivity index (χ0v) is 16.2. The number of rotatable bonds is 9. The number of hydrogen-bond acceptors (Lipinski definition) is 7. The molecule has 0 unspecified atom stereocenters. The van der Waals surface area contributed by atoms with Gasteiger partial charge < -0.3 is 29.0 Å². The molecule has 0 aromatic heterocycles. The lowest BCUT2D eigenvalue weighted by molar-refractivity contribution is -0.145. The summed E-state index contributed by atoms with van der Waals surface area (Å²) in [5.41, 5.74) is 0.765. The predicted molar refractivity (Wildman–Crippen MR) is 103 cm³/mol. The summed E-state index contributed by atoms with van der Waals surface area (Å²) >= 11 is 0. The number of anilines is 1. The van der Waals surface area contributed by atoms with Crippen molar-refractivity contribution in [3.63, 3.8) is 0 Å². The summed E-state index contributed by atoms with van der Waals surface area (Å²) in [5, 5.41) is 2.76. The summed E-state index contributed by atoms with van der Waals surface area (Å²) in [6.07, 6.45) is 0. The fraction of sp³-hybridized carbons (Fsp3) is 0.300. The molecule has 2 aromatic rings. The van der Waals surface area contributed by atoms with Crippen molar-refractivity contribution in [2.75, 3.05) is 39.9 Å². The standard InChI is InChI=1S/C20H23NO7/c1-5-27-17(22)12-28-14-8-6-7-13(11-14)21-20(23)15-9-10-16(24-2)19(26-4)18(15)25-3/h6-11H,5,12H2,1-4H3,(H,21,23). The molecule has 0 saturated heterocycles. The van der Waals surface area contributed by atoms with E-state index in [1.807, 2.05) is 0 Å². The van der Waals surface area contributed by atoms with Crippen LogP contribution in [0.4, 0.5) is 5.69 Å². The second-order valence-electron chi connectivity index (χ2n) is 5.46. The van der Waals surface area contributed by atoms with Gasteiger partial charge in [0, 0.05) is 11.8 Å². The Labute approximate surface area is 163 Å². The van der Waals surface area contributed by atoms with Crippen molar-refractivity contribution in [3.8, 4) is 23.0 Å². The Morgan fingerprint density at radius 2 is 1.71 bits per heavy atom. The molecule has 0 radical (unpaired) electrons. The Balaban J connectivity index is 2.17. The highest BCUT2D eigenvalue weighted by Gasteiger charge is 2.20. The second-order valence-corrected chi connectivity index (χ2v) is 5.46. The third-order valence-electron chi connectivity index (χ3n) is 3.70. The number of benzene rings is 2. The van der Waals surface area contributed by atoms with Crippen molar-refractivity contribution >= 4 is 17.6 Å². The average molecular weight is 389 g/mol. The number of carbonyl (C=O) groups excluding carboxylic acids is 2. The van der Waals surface area contributed by atoms with E-state index in [-0.39, 0.29) is 24.5 Å². The van der Waals surface area contributed by atoms with Crippen molar-refractivity contribution in [3.05, 3.63) is 42.0 Å². The molecule has 8 nitrogen and oxygen atoms in total. The van der Waals surface area contributed by atoms with Crippen LogP contribution in [0.2, 0.25) is 0 Å². The molecule has 0 saturated carbocycles. The van der Waals surface area contributed by atoms with Gasteiger partial charge in [0.05, 0.1) is 33.5 Å². The van der Waals surface area contributed by atoms with Crippen molar-refractivity contribution in [2.24, 2.45) is 0 Å². The molecule has 28 heavy (non-hydrogen) atoms. The van der Waals surface area contributed by atoms with Crippen molar-refractivity contribution in [1.82, 2.24) is 0 Å². The summed E-state index contributed by atoms with van der Waals surface area (Å²) in [6.45, 7) is 1.79. The SMILES string of the molecule is CCOC(=O)COc1cccc(NC(=O)c2ccc(OC)c(OC)c2OC)c1. The van der Waals surface area contributed by atoms with Gasteiger partial charge in [-0.15, -0.1) is 0 Å². The Hall–Kier alpha value is -3.42. The highest BCUT2D eigenvalue weighted by molar-refractivity contribution is 6.07. The third-order valence-corrected chi connectivity index (χ3v) is 3.70. The van der Waals surface area contributed by atoms with Gasteiger partial charge in [0.2, 0.25) is 5.75 Å². The lowest BCUT2D eigenvalue weighted by Gasteiger charge is -2.15. The first-order valence-electron chi connectivity index (χ1n) is 8.52. The van der Waals surface area contributed by atoms with E-state index in [2.05, 4.69) is 5.32 Å². The molecule has 0 spiro atoms. The number of amides is 1. The maximum Gasteiger partial charge on any atom is 0.344 e. The monoisotopic (exact) mass is 389 g/mol. The number of methoxy groups -OCH3 is 3. The van der Waals surface area contributed by atoms with Gasteiger partial charge in [0.25, 0.3) is 5.91 Å². The second kappa shape index (κ2) is 10.1. The van der Waals surface area contributed by atoms with E-state index in [0.29, 0.717) is 22.9 Å². The molecule has 0 bridgehead atoms. The third kappa shape index (κ3) is 5.06. The molecular weight excluding hydrogens is 366 g/mol. The Bertz CT molecular complexity index is 835. The lowest BCUT2D eigenvalue weighted by Crippen LogP contribution is -2.15. The van der Waals surface area contributed by atoms with E-state index in [1.165, 1.54) is 21.3 Å². The van der Waals surface area contributed by atoms with E-state index in [4.69, 9.17) is 23.7 Å². The maximum absolute atomic E-state index is 12.7. The van der Waals surface area contributed by atoms with Gasteiger partial charge >= 0.3 is 5.97 Å². The van der Waals surface area contributed by atoms with Crippen molar-refractivity contribution in [2.45, 2.75) is 6.92 Å². The zero-order chi connectivity index (χ0) is 20.5. The Kier molecular flexibility index (Phi) is 7.50. The van der Waals surface area contributed by atoms with Gasteiger partial charge in [-0.1, -0.05) is 6.07 Å². The summed E-state index contributed by atoms with van der Waals surface area (Å²) in [7, 11) is 4.41. The van der Waals surface area contributed by atoms with E-state index in [1.54, 1.807) is 43.3 Å². The molecule has 2 aromatic carbocycles. The molecule has 0 heterocycles. The maximum atomic E-state index is 12.7. The molecule has 0 aliphatic carbocycles. The molecule has 0 fully saturated rings. The molecule has 0 aliphatic rings. The van der Waals surface area contributed by atoms with Gasteiger partial charge in [-0.2, -0.15) is 0 Å². The normalized spacial score (nSPS) is 10.0. The van der Waals surface area contributed by atoms with Gasteiger partial charge in [-0.25, -0.2) is 4.79 Å². The van der Waals surface area contributed by atoms with E-state index < -0.39 is 11.9 Å². The molecule has 8 heteroatoms. The minimum absolute atomic E-state index is 0.214. The molecule has 150 valence electrons. The Morgan fingerprint density at radius 1 is 0.964 bits per heavy atom. The molecule has 1 amide bonds. The van der Waals surface area contributed by atoms with Crippen molar-refractivity contribution < 1.29 is 33.3 Å². The molecular formula is C20H23NO7. The van der Waals surface area contributed by atoms with Gasteiger partial charge in [0.1, 0.15) is 5.75 Å². The summed E-state index contributed by atoms with van der Waals surface area (Å²) in [4.78, 5) is 24.1. The smallest absolute Gasteiger partial charge is 0.344 e. The number of esters is 1. The average Bonchev–Trinajstić information content (AvgIpc) is 2.71. The van der Waals surface area contributed by atoms with Crippen LogP contribution in [0.25, 0.3) is 0 Å². The van der Waals surface area contributed by atoms with Crippen LogP contribution >= 0.6 is 0 Å². The van der Waals surface area contributed by atoms with Gasteiger partial charge in [-0.3, -0.25) is 4.79 Å². The van der Waals surface area contributed by atoms with Crippen LogP contribution in [-0.4, -0.2) is 46.4 Å². The van der Waals surface area contributed by atoms with Crippen LogP contribution in [0.5, 0.6) is 23.0 Å². The van der Waals surface area contributed by atoms with E-state index in [9.17, 15) is 9.59 Å². The van der Waals surface area contributed by atoms with Crippen LogP contribution in [0.1, 0.15) is 17.3 Å². The quantitative estimate of drug-likeness (QED) is 0.659. The van der Waals surface area contributed by atoms with Gasteiger partial charge in [-0.05, 0) is 31.2 Å². The summed E-state index contributed by atoms with van der Waals surface area (Å²) in [5.74, 6) is 0.584. The number of ether oxygens (including phenoxy) is 5. The summed E-state index contributed by atoms with van der Waals surface area (Å²) < 4.78 is 26.0. The minimum atomic E-state index is -0.466. The minimum Gasteiger partial charge on any atom is -0.493 e. The van der Waals surface area contributed by atoms with Crippen LogP contribution in [-0.2, 0) is 9.53 Å². The number of nitrogens with one attached hydrogen (secondary N) is 1. The van der Waals surface area contributed by atoms with E-state index in [0.717, 1.165) is 0 Å².